The first-order valence-corrected chi connectivity index (χ1v) is 8.45. The predicted octanol–water partition coefficient (Wildman–Crippen LogP) is 0.576. The molecule has 0 bridgehead atoms. The van der Waals surface area contributed by atoms with Gasteiger partial charge in [0.1, 0.15) is 5.82 Å². The van der Waals surface area contributed by atoms with Crippen molar-refractivity contribution < 1.29 is 4.74 Å². The Morgan fingerprint density at radius 1 is 1.38 bits per heavy atom. The molecule has 3 rings (SSSR count). The van der Waals surface area contributed by atoms with E-state index in [1.165, 1.54) is 0 Å². The number of rotatable bonds is 8. The molecular weight excluding hydrogens is 308 g/mol. The van der Waals surface area contributed by atoms with E-state index in [2.05, 4.69) is 42.9 Å². The quantitative estimate of drug-likeness (QED) is 0.750. The standard InChI is InChI=1S/C15H24N8O/c1-2-3-7-23-15(19-20-21-23)12-22-8-9-24-13(11-22)10-16-14-5-4-6-17-18-14/h4-6,13H,2-3,7-12H2,1H3,(H,16,18)/t13-/m1/s1. The molecule has 3 heterocycles. The fourth-order valence-electron chi connectivity index (χ4n) is 2.68. The minimum absolute atomic E-state index is 0.112. The summed E-state index contributed by atoms with van der Waals surface area (Å²) in [5, 5.41) is 23.2. The number of ether oxygens (including phenoxy) is 1. The Labute approximate surface area is 141 Å². The molecule has 2 aromatic rings. The van der Waals surface area contributed by atoms with Gasteiger partial charge in [0.25, 0.3) is 0 Å². The van der Waals surface area contributed by atoms with E-state index in [1.54, 1.807) is 6.20 Å². The van der Waals surface area contributed by atoms with Crippen LogP contribution >= 0.6 is 0 Å². The normalized spacial score (nSPS) is 18.6. The average molecular weight is 332 g/mol. The molecule has 1 aliphatic rings. The van der Waals surface area contributed by atoms with E-state index in [0.29, 0.717) is 13.2 Å². The molecule has 9 heteroatoms. The summed E-state index contributed by atoms with van der Waals surface area (Å²) in [6.07, 6.45) is 3.99. The van der Waals surface area contributed by atoms with Crippen LogP contribution in [0.15, 0.2) is 18.3 Å². The highest BCUT2D eigenvalue weighted by Gasteiger charge is 2.22. The zero-order valence-electron chi connectivity index (χ0n) is 14.0. The van der Waals surface area contributed by atoms with Crippen LogP contribution < -0.4 is 5.32 Å². The van der Waals surface area contributed by atoms with E-state index >= 15 is 0 Å². The lowest BCUT2D eigenvalue weighted by Gasteiger charge is -2.32. The van der Waals surface area contributed by atoms with E-state index in [-0.39, 0.29) is 6.10 Å². The summed E-state index contributed by atoms with van der Waals surface area (Å²) < 4.78 is 7.74. The average Bonchev–Trinajstić information content (AvgIpc) is 3.06. The smallest absolute Gasteiger partial charge is 0.165 e. The van der Waals surface area contributed by atoms with E-state index in [1.807, 2.05) is 16.8 Å². The molecule has 0 aromatic carbocycles. The molecule has 1 aliphatic heterocycles. The molecule has 1 N–H and O–H groups in total. The second-order valence-electron chi connectivity index (χ2n) is 5.89. The number of hydrogen-bond acceptors (Lipinski definition) is 8. The molecule has 1 saturated heterocycles. The van der Waals surface area contributed by atoms with Crippen molar-refractivity contribution in [2.75, 3.05) is 31.6 Å². The van der Waals surface area contributed by atoms with Crippen molar-refractivity contribution in [3.05, 3.63) is 24.2 Å². The largest absolute Gasteiger partial charge is 0.374 e. The fourth-order valence-corrected chi connectivity index (χ4v) is 2.68. The molecule has 0 unspecified atom stereocenters. The molecule has 2 aromatic heterocycles. The lowest BCUT2D eigenvalue weighted by atomic mass is 10.2. The summed E-state index contributed by atoms with van der Waals surface area (Å²) in [6.45, 7) is 6.94. The summed E-state index contributed by atoms with van der Waals surface area (Å²) in [7, 11) is 0. The number of nitrogens with one attached hydrogen (secondary N) is 1. The van der Waals surface area contributed by atoms with Crippen molar-refractivity contribution in [1.29, 1.82) is 0 Å². The SMILES string of the molecule is CCCCn1nnnc1CN1CCO[C@H](CNc2cccnn2)C1. The maximum Gasteiger partial charge on any atom is 0.165 e. The molecular formula is C15H24N8O. The minimum atomic E-state index is 0.112. The lowest BCUT2D eigenvalue weighted by molar-refractivity contribution is -0.0252. The Bertz CT molecular complexity index is 605. The molecule has 1 fully saturated rings. The summed E-state index contributed by atoms with van der Waals surface area (Å²) in [5.41, 5.74) is 0. The van der Waals surface area contributed by atoms with Gasteiger partial charge in [-0.2, -0.15) is 5.10 Å². The van der Waals surface area contributed by atoms with Crippen molar-refractivity contribution in [3.8, 4) is 0 Å². The molecule has 24 heavy (non-hydrogen) atoms. The minimum Gasteiger partial charge on any atom is -0.374 e. The number of unbranched alkanes of at least 4 members (excludes halogenated alkanes) is 1. The molecule has 0 radical (unpaired) electrons. The van der Waals surface area contributed by atoms with Gasteiger partial charge < -0.3 is 10.1 Å². The predicted molar refractivity (Wildman–Crippen MR) is 88.3 cm³/mol. The van der Waals surface area contributed by atoms with Crippen molar-refractivity contribution in [3.63, 3.8) is 0 Å². The second kappa shape index (κ2) is 8.65. The highest BCUT2D eigenvalue weighted by atomic mass is 16.5. The molecule has 0 spiro atoms. The number of nitrogens with zero attached hydrogens (tertiary/aromatic N) is 7. The lowest BCUT2D eigenvalue weighted by Crippen LogP contribution is -2.45. The highest BCUT2D eigenvalue weighted by molar-refractivity contribution is 5.31. The van der Waals surface area contributed by atoms with E-state index in [0.717, 1.165) is 50.7 Å². The summed E-state index contributed by atoms with van der Waals surface area (Å²) in [5.74, 6) is 1.69. The zero-order valence-corrected chi connectivity index (χ0v) is 14.0. The Kier molecular flexibility index (Phi) is 6.02. The van der Waals surface area contributed by atoms with Crippen molar-refractivity contribution in [1.82, 2.24) is 35.3 Å². The Balaban J connectivity index is 1.49. The van der Waals surface area contributed by atoms with Crippen LogP contribution in [0.4, 0.5) is 5.82 Å². The first-order valence-electron chi connectivity index (χ1n) is 8.45. The monoisotopic (exact) mass is 332 g/mol. The molecule has 0 aliphatic carbocycles. The van der Waals surface area contributed by atoms with Crippen LogP contribution in [0.25, 0.3) is 0 Å². The van der Waals surface area contributed by atoms with Crippen LogP contribution in [0.3, 0.4) is 0 Å². The fraction of sp³-hybridized carbons (Fsp3) is 0.667. The van der Waals surface area contributed by atoms with Gasteiger partial charge in [-0.1, -0.05) is 13.3 Å². The van der Waals surface area contributed by atoms with Crippen LogP contribution in [0, 0.1) is 0 Å². The number of morpholine rings is 1. The molecule has 0 saturated carbocycles. The van der Waals surface area contributed by atoms with Crippen molar-refractivity contribution in [2.45, 2.75) is 39.0 Å². The third-order valence-corrected chi connectivity index (χ3v) is 4.00. The topological polar surface area (TPSA) is 93.9 Å². The van der Waals surface area contributed by atoms with Gasteiger partial charge in [0.05, 0.1) is 19.3 Å². The summed E-state index contributed by atoms with van der Waals surface area (Å²) >= 11 is 0. The maximum atomic E-state index is 5.83. The molecule has 9 nitrogen and oxygen atoms in total. The number of anilines is 1. The van der Waals surface area contributed by atoms with Gasteiger partial charge in [0.2, 0.25) is 0 Å². The Hall–Kier alpha value is -2.13. The van der Waals surface area contributed by atoms with Crippen molar-refractivity contribution in [2.24, 2.45) is 0 Å². The molecule has 1 atom stereocenters. The molecule has 0 amide bonds. The third-order valence-electron chi connectivity index (χ3n) is 4.00. The van der Waals surface area contributed by atoms with Crippen molar-refractivity contribution >= 4 is 5.82 Å². The van der Waals surface area contributed by atoms with Crippen LogP contribution in [0.5, 0.6) is 0 Å². The maximum absolute atomic E-state index is 5.83. The van der Waals surface area contributed by atoms with Gasteiger partial charge in [0.15, 0.2) is 5.82 Å². The third kappa shape index (κ3) is 4.68. The van der Waals surface area contributed by atoms with Gasteiger partial charge in [-0.05, 0) is 29.0 Å². The van der Waals surface area contributed by atoms with E-state index in [4.69, 9.17) is 4.74 Å². The highest BCUT2D eigenvalue weighted by Crippen LogP contribution is 2.10. The van der Waals surface area contributed by atoms with Gasteiger partial charge in [-0.15, -0.1) is 10.2 Å². The van der Waals surface area contributed by atoms with Gasteiger partial charge in [-0.25, -0.2) is 4.68 Å². The van der Waals surface area contributed by atoms with Crippen LogP contribution in [0.2, 0.25) is 0 Å². The van der Waals surface area contributed by atoms with Crippen LogP contribution in [0.1, 0.15) is 25.6 Å². The van der Waals surface area contributed by atoms with Crippen LogP contribution in [-0.4, -0.2) is 67.6 Å². The zero-order chi connectivity index (χ0) is 16.6. The first kappa shape index (κ1) is 16.7. The number of aryl methyl sites for hydroxylation is 1. The van der Waals surface area contributed by atoms with E-state index < -0.39 is 0 Å². The summed E-state index contributed by atoms with van der Waals surface area (Å²) in [6, 6.07) is 3.76. The summed E-state index contributed by atoms with van der Waals surface area (Å²) in [4.78, 5) is 2.33. The van der Waals surface area contributed by atoms with Gasteiger partial charge in [-0.3, -0.25) is 4.90 Å². The van der Waals surface area contributed by atoms with Crippen LogP contribution in [-0.2, 0) is 17.8 Å². The Morgan fingerprint density at radius 2 is 2.33 bits per heavy atom. The number of aromatic nitrogens is 6. The number of tetrazole rings is 1. The Morgan fingerprint density at radius 3 is 3.17 bits per heavy atom. The van der Waals surface area contributed by atoms with Gasteiger partial charge in [0, 0.05) is 32.4 Å². The number of hydrogen-bond donors (Lipinski definition) is 1. The first-order chi connectivity index (χ1) is 11.8. The van der Waals surface area contributed by atoms with E-state index in [9.17, 15) is 0 Å². The van der Waals surface area contributed by atoms with Gasteiger partial charge >= 0.3 is 0 Å². The molecule has 130 valence electrons. The second-order valence-corrected chi connectivity index (χ2v) is 5.89.